The molecule has 7 heteroatoms. The minimum absolute atomic E-state index is 0.138. The third-order valence-electron chi connectivity index (χ3n) is 5.05. The number of hydrogen-bond acceptors (Lipinski definition) is 5. The van der Waals surface area contributed by atoms with Crippen LogP contribution >= 0.6 is 0 Å². The Bertz CT molecular complexity index is 688. The molecule has 2 fully saturated rings. The zero-order chi connectivity index (χ0) is 16.2. The monoisotopic (exact) mass is 317 g/mol. The summed E-state index contributed by atoms with van der Waals surface area (Å²) in [6.45, 7) is 0.839. The van der Waals surface area contributed by atoms with E-state index in [9.17, 15) is 14.7 Å². The first kappa shape index (κ1) is 14.5. The van der Waals surface area contributed by atoms with Crippen LogP contribution in [0, 0.1) is 5.92 Å². The van der Waals surface area contributed by atoms with E-state index in [0.29, 0.717) is 18.8 Å². The summed E-state index contributed by atoms with van der Waals surface area (Å²) in [5.41, 5.74) is 0.874. The molecule has 2 heterocycles. The fourth-order valence-corrected chi connectivity index (χ4v) is 3.66. The van der Waals surface area contributed by atoms with Gasteiger partial charge in [-0.3, -0.25) is 15.0 Å². The number of carbonyl (C=O) groups is 2. The van der Waals surface area contributed by atoms with E-state index >= 15 is 0 Å². The predicted molar refractivity (Wildman–Crippen MR) is 80.5 cm³/mol. The molecule has 7 nitrogen and oxygen atoms in total. The van der Waals surface area contributed by atoms with Gasteiger partial charge in [-0.2, -0.15) is 0 Å². The van der Waals surface area contributed by atoms with Crippen molar-refractivity contribution in [2.75, 3.05) is 13.7 Å². The van der Waals surface area contributed by atoms with Gasteiger partial charge in [0.25, 0.3) is 5.91 Å². The summed E-state index contributed by atoms with van der Waals surface area (Å²) in [5.74, 6) is 0.540. The normalized spacial score (nSPS) is 30.1. The van der Waals surface area contributed by atoms with Gasteiger partial charge in [0.1, 0.15) is 17.5 Å². The third kappa shape index (κ3) is 2.19. The van der Waals surface area contributed by atoms with Gasteiger partial charge < -0.3 is 15.2 Å². The SMILES string of the molecule is COc1ccc2c(c1)C(O)N(CC1(C3CC3)NC(=O)NC1=O)C2. The van der Waals surface area contributed by atoms with Crippen molar-refractivity contribution in [1.82, 2.24) is 15.5 Å². The van der Waals surface area contributed by atoms with Gasteiger partial charge >= 0.3 is 6.03 Å². The summed E-state index contributed by atoms with van der Waals surface area (Å²) >= 11 is 0. The molecule has 2 unspecified atom stereocenters. The number of fused-ring (bicyclic) bond motifs is 1. The molecule has 1 aromatic carbocycles. The summed E-state index contributed by atoms with van der Waals surface area (Å²) in [4.78, 5) is 25.8. The van der Waals surface area contributed by atoms with E-state index in [0.717, 1.165) is 24.0 Å². The number of nitrogens with one attached hydrogen (secondary N) is 2. The number of amides is 3. The maximum absolute atomic E-state index is 12.3. The van der Waals surface area contributed by atoms with Gasteiger partial charge in [-0.25, -0.2) is 4.79 Å². The first-order chi connectivity index (χ1) is 11.0. The number of hydrogen-bond donors (Lipinski definition) is 3. The van der Waals surface area contributed by atoms with Crippen LogP contribution < -0.4 is 15.4 Å². The molecule has 1 aliphatic carbocycles. The van der Waals surface area contributed by atoms with Gasteiger partial charge in [0.2, 0.25) is 0 Å². The minimum Gasteiger partial charge on any atom is -0.497 e. The van der Waals surface area contributed by atoms with E-state index in [1.165, 1.54) is 0 Å². The zero-order valence-electron chi connectivity index (χ0n) is 12.8. The molecular formula is C16H19N3O4. The summed E-state index contributed by atoms with van der Waals surface area (Å²) in [6.07, 6.45) is 1.03. The molecule has 1 saturated heterocycles. The number of ether oxygens (including phenoxy) is 1. The molecule has 2 aliphatic heterocycles. The van der Waals surface area contributed by atoms with Gasteiger partial charge in [-0.05, 0) is 36.5 Å². The maximum atomic E-state index is 12.3. The topological polar surface area (TPSA) is 90.9 Å². The van der Waals surface area contributed by atoms with Gasteiger partial charge in [0.05, 0.1) is 7.11 Å². The molecule has 23 heavy (non-hydrogen) atoms. The highest BCUT2D eigenvalue weighted by atomic mass is 16.5. The number of imide groups is 1. The van der Waals surface area contributed by atoms with E-state index in [4.69, 9.17) is 4.74 Å². The first-order valence-electron chi connectivity index (χ1n) is 7.76. The van der Waals surface area contributed by atoms with Gasteiger partial charge in [0.15, 0.2) is 0 Å². The quantitative estimate of drug-likeness (QED) is 0.703. The molecule has 4 rings (SSSR count). The fraction of sp³-hybridized carbons (Fsp3) is 0.500. The second kappa shape index (κ2) is 4.94. The highest BCUT2D eigenvalue weighted by Gasteiger charge is 2.57. The number of methoxy groups -OCH3 is 1. The number of aliphatic hydroxyl groups is 1. The van der Waals surface area contributed by atoms with E-state index in [-0.39, 0.29) is 11.8 Å². The lowest BCUT2D eigenvalue weighted by Gasteiger charge is -2.32. The van der Waals surface area contributed by atoms with Crippen LogP contribution in [0.25, 0.3) is 0 Å². The lowest BCUT2D eigenvalue weighted by Crippen LogP contribution is -2.56. The van der Waals surface area contributed by atoms with Crippen LogP contribution in [0.1, 0.15) is 30.2 Å². The Morgan fingerprint density at radius 1 is 1.39 bits per heavy atom. The molecule has 0 radical (unpaired) electrons. The Balaban J connectivity index is 1.60. The second-order valence-electron chi connectivity index (χ2n) is 6.50. The van der Waals surface area contributed by atoms with Crippen LogP contribution in [-0.2, 0) is 11.3 Å². The summed E-state index contributed by atoms with van der Waals surface area (Å²) < 4.78 is 5.20. The largest absolute Gasteiger partial charge is 0.497 e. The molecule has 2 atom stereocenters. The van der Waals surface area contributed by atoms with Crippen molar-refractivity contribution in [1.29, 1.82) is 0 Å². The van der Waals surface area contributed by atoms with Crippen LogP contribution in [0.5, 0.6) is 5.75 Å². The molecule has 3 aliphatic rings. The Morgan fingerprint density at radius 3 is 2.78 bits per heavy atom. The lowest BCUT2D eigenvalue weighted by atomic mass is 9.92. The Labute approximate surface area is 133 Å². The van der Waals surface area contributed by atoms with Crippen molar-refractivity contribution in [3.05, 3.63) is 29.3 Å². The van der Waals surface area contributed by atoms with Crippen molar-refractivity contribution in [2.24, 2.45) is 5.92 Å². The Kier molecular flexibility index (Phi) is 3.11. The Hall–Kier alpha value is -2.12. The van der Waals surface area contributed by atoms with Gasteiger partial charge in [-0.1, -0.05) is 6.07 Å². The van der Waals surface area contributed by atoms with Crippen molar-refractivity contribution < 1.29 is 19.4 Å². The maximum Gasteiger partial charge on any atom is 0.322 e. The van der Waals surface area contributed by atoms with Gasteiger partial charge in [0, 0.05) is 18.7 Å². The molecule has 0 spiro atoms. The number of nitrogens with zero attached hydrogens (tertiary/aromatic N) is 1. The number of rotatable bonds is 4. The van der Waals surface area contributed by atoms with E-state index in [2.05, 4.69) is 10.6 Å². The Morgan fingerprint density at radius 2 is 2.17 bits per heavy atom. The minimum atomic E-state index is -0.926. The smallest absolute Gasteiger partial charge is 0.322 e. The molecule has 0 bridgehead atoms. The predicted octanol–water partition coefficient (Wildman–Crippen LogP) is 0.490. The molecule has 3 N–H and O–H groups in total. The van der Waals surface area contributed by atoms with Crippen molar-refractivity contribution >= 4 is 11.9 Å². The number of benzene rings is 1. The van der Waals surface area contributed by atoms with Crippen LogP contribution in [0.3, 0.4) is 0 Å². The lowest BCUT2D eigenvalue weighted by molar-refractivity contribution is -0.126. The molecule has 1 saturated carbocycles. The average Bonchev–Trinajstić information content (AvgIpc) is 3.28. The van der Waals surface area contributed by atoms with Crippen molar-refractivity contribution in [2.45, 2.75) is 31.2 Å². The van der Waals surface area contributed by atoms with Crippen LogP contribution in [0.15, 0.2) is 18.2 Å². The van der Waals surface area contributed by atoms with Crippen molar-refractivity contribution in [3.63, 3.8) is 0 Å². The molecule has 1 aromatic rings. The fourth-order valence-electron chi connectivity index (χ4n) is 3.66. The summed E-state index contributed by atoms with van der Waals surface area (Å²) in [6, 6.07) is 5.15. The number of aliphatic hydroxyl groups excluding tert-OH is 1. The van der Waals surface area contributed by atoms with E-state index < -0.39 is 17.8 Å². The highest BCUT2D eigenvalue weighted by molar-refractivity contribution is 6.07. The molecule has 122 valence electrons. The summed E-state index contributed by atoms with van der Waals surface area (Å²) in [7, 11) is 1.58. The highest BCUT2D eigenvalue weighted by Crippen LogP contribution is 2.44. The van der Waals surface area contributed by atoms with Crippen LogP contribution in [0.4, 0.5) is 4.79 Å². The van der Waals surface area contributed by atoms with Crippen LogP contribution in [0.2, 0.25) is 0 Å². The number of urea groups is 1. The average molecular weight is 317 g/mol. The van der Waals surface area contributed by atoms with E-state index in [1.807, 2.05) is 23.1 Å². The first-order valence-corrected chi connectivity index (χ1v) is 7.76. The van der Waals surface area contributed by atoms with Crippen molar-refractivity contribution in [3.8, 4) is 5.75 Å². The van der Waals surface area contributed by atoms with Gasteiger partial charge in [-0.15, -0.1) is 0 Å². The third-order valence-corrected chi connectivity index (χ3v) is 5.05. The van der Waals surface area contributed by atoms with Crippen LogP contribution in [-0.4, -0.2) is 41.1 Å². The number of carbonyl (C=O) groups excluding carboxylic acids is 2. The molecule has 0 aromatic heterocycles. The summed E-state index contributed by atoms with van der Waals surface area (Å²) in [5, 5.41) is 15.8. The molecular weight excluding hydrogens is 298 g/mol. The zero-order valence-corrected chi connectivity index (χ0v) is 12.8. The van der Waals surface area contributed by atoms with E-state index in [1.54, 1.807) is 7.11 Å². The second-order valence-corrected chi connectivity index (χ2v) is 6.50. The standard InChI is InChI=1S/C16H19N3O4/c1-23-11-5-2-9-7-19(13(20)12(9)6-11)8-16(10-3-4-10)14(21)17-15(22)18-16/h2,5-6,10,13,20H,3-4,7-8H2,1H3,(H2,17,18,21,22). The molecule has 3 amide bonds.